The van der Waals surface area contributed by atoms with E-state index in [1.54, 1.807) is 19.1 Å². The van der Waals surface area contributed by atoms with Gasteiger partial charge in [0.2, 0.25) is 5.88 Å². The van der Waals surface area contributed by atoms with E-state index >= 15 is 0 Å². The van der Waals surface area contributed by atoms with Crippen LogP contribution in [0.3, 0.4) is 0 Å². The zero-order chi connectivity index (χ0) is 21.0. The van der Waals surface area contributed by atoms with Gasteiger partial charge in [0.1, 0.15) is 17.8 Å². The maximum atomic E-state index is 12.0. The summed E-state index contributed by atoms with van der Waals surface area (Å²) in [4.78, 5) is 31.9. The second kappa shape index (κ2) is 8.42. The van der Waals surface area contributed by atoms with Gasteiger partial charge in [0.25, 0.3) is 5.78 Å². The molecule has 9 nitrogen and oxygen atoms in total. The molecule has 0 unspecified atom stereocenters. The predicted octanol–water partition coefficient (Wildman–Crippen LogP) is 2.89. The summed E-state index contributed by atoms with van der Waals surface area (Å²) >= 11 is 0. The van der Waals surface area contributed by atoms with Crippen molar-refractivity contribution in [2.75, 3.05) is 20.8 Å². The van der Waals surface area contributed by atoms with Crippen molar-refractivity contribution in [3.63, 3.8) is 0 Å². The van der Waals surface area contributed by atoms with Crippen LogP contribution in [0.25, 0.3) is 10.9 Å². The van der Waals surface area contributed by atoms with E-state index in [2.05, 4.69) is 14.7 Å². The molecule has 0 saturated heterocycles. The summed E-state index contributed by atoms with van der Waals surface area (Å²) in [5.41, 5.74) is 0.376. The minimum Gasteiger partial charge on any atom is -0.507 e. The number of aromatic nitrogens is 2. The lowest BCUT2D eigenvalue weighted by Gasteiger charge is -2.12. The summed E-state index contributed by atoms with van der Waals surface area (Å²) in [6, 6.07) is 7.27. The predicted molar refractivity (Wildman–Crippen MR) is 102 cm³/mol. The highest BCUT2D eigenvalue weighted by molar-refractivity contribution is 6.41. The van der Waals surface area contributed by atoms with E-state index in [-0.39, 0.29) is 23.8 Å². The fourth-order valence-electron chi connectivity index (χ4n) is 2.63. The SMILES string of the molecule is CCOC(=O)C(=O)c1ccc(Oc2ncnc3cc(OC)c(OC)cc23)cc1O. The van der Waals surface area contributed by atoms with Gasteiger partial charge in [-0.2, -0.15) is 0 Å². The first kappa shape index (κ1) is 19.9. The number of carbonyl (C=O) groups excluding carboxylic acids is 2. The van der Waals surface area contributed by atoms with Crippen LogP contribution in [0.2, 0.25) is 0 Å². The van der Waals surface area contributed by atoms with Crippen molar-refractivity contribution in [2.45, 2.75) is 6.92 Å². The first-order chi connectivity index (χ1) is 14.0. The average Bonchev–Trinajstić information content (AvgIpc) is 2.72. The molecule has 1 aromatic heterocycles. The summed E-state index contributed by atoms with van der Waals surface area (Å²) in [5, 5.41) is 10.7. The number of Topliss-reactive ketones (excluding diaryl/α,β-unsaturated/α-hetero) is 1. The van der Waals surface area contributed by atoms with Gasteiger partial charge in [0.15, 0.2) is 11.5 Å². The monoisotopic (exact) mass is 398 g/mol. The Morgan fingerprint density at radius 3 is 2.41 bits per heavy atom. The Balaban J connectivity index is 1.94. The zero-order valence-corrected chi connectivity index (χ0v) is 16.0. The summed E-state index contributed by atoms with van der Waals surface area (Å²) in [5.74, 6) is -1.02. The molecule has 0 aliphatic rings. The number of aromatic hydroxyl groups is 1. The summed E-state index contributed by atoms with van der Waals surface area (Å²) in [6.45, 7) is 1.64. The van der Waals surface area contributed by atoms with Crippen LogP contribution in [0.5, 0.6) is 28.9 Å². The molecule has 1 N–H and O–H groups in total. The number of esters is 1. The molecule has 0 saturated carbocycles. The Morgan fingerprint density at radius 2 is 1.76 bits per heavy atom. The molecule has 1 heterocycles. The van der Waals surface area contributed by atoms with Crippen LogP contribution in [-0.4, -0.2) is 47.7 Å². The minimum absolute atomic E-state index is 0.0571. The highest BCUT2D eigenvalue weighted by Gasteiger charge is 2.21. The number of nitrogens with zero attached hydrogens (tertiary/aromatic N) is 2. The smallest absolute Gasteiger partial charge is 0.379 e. The standard InChI is InChI=1S/C20H18N2O7/c1-4-28-20(25)18(24)12-6-5-11(7-15(12)23)29-19-13-8-16(26-2)17(27-3)9-14(13)21-10-22-19/h5-10,23H,4H2,1-3H3. The third kappa shape index (κ3) is 4.03. The first-order valence-electron chi connectivity index (χ1n) is 8.57. The van der Waals surface area contributed by atoms with E-state index in [9.17, 15) is 14.7 Å². The van der Waals surface area contributed by atoms with Crippen molar-refractivity contribution >= 4 is 22.7 Å². The number of fused-ring (bicyclic) bond motifs is 1. The van der Waals surface area contributed by atoms with Crippen molar-refractivity contribution < 1.29 is 33.6 Å². The van der Waals surface area contributed by atoms with Gasteiger partial charge in [0, 0.05) is 12.1 Å². The third-order valence-corrected chi connectivity index (χ3v) is 3.99. The topological polar surface area (TPSA) is 117 Å². The molecule has 29 heavy (non-hydrogen) atoms. The van der Waals surface area contributed by atoms with Crippen molar-refractivity contribution in [1.29, 1.82) is 0 Å². The van der Waals surface area contributed by atoms with Crippen molar-refractivity contribution in [3.8, 4) is 28.9 Å². The second-order valence-electron chi connectivity index (χ2n) is 5.73. The third-order valence-electron chi connectivity index (χ3n) is 3.99. The van der Waals surface area contributed by atoms with Gasteiger partial charge < -0.3 is 24.1 Å². The van der Waals surface area contributed by atoms with Crippen LogP contribution >= 0.6 is 0 Å². The van der Waals surface area contributed by atoms with E-state index in [1.165, 1.54) is 38.7 Å². The number of methoxy groups -OCH3 is 2. The van der Waals surface area contributed by atoms with Crippen LogP contribution in [0.1, 0.15) is 17.3 Å². The van der Waals surface area contributed by atoms with E-state index in [1.807, 2.05) is 0 Å². The van der Waals surface area contributed by atoms with E-state index in [0.29, 0.717) is 22.4 Å². The molecule has 0 amide bonds. The van der Waals surface area contributed by atoms with Crippen LogP contribution in [0, 0.1) is 0 Å². The Hall–Kier alpha value is -3.88. The van der Waals surface area contributed by atoms with E-state index in [4.69, 9.17) is 14.2 Å². The lowest BCUT2D eigenvalue weighted by atomic mass is 10.1. The molecule has 3 aromatic rings. The molecule has 9 heteroatoms. The molecule has 0 aliphatic heterocycles. The Kier molecular flexibility index (Phi) is 5.77. The van der Waals surface area contributed by atoms with Gasteiger partial charge in [-0.05, 0) is 25.1 Å². The molecule has 0 spiro atoms. The number of ether oxygens (including phenoxy) is 4. The first-order valence-corrected chi connectivity index (χ1v) is 8.57. The normalized spacial score (nSPS) is 10.4. The van der Waals surface area contributed by atoms with E-state index < -0.39 is 17.5 Å². The second-order valence-corrected chi connectivity index (χ2v) is 5.73. The molecule has 2 aromatic carbocycles. The number of hydrogen-bond donors (Lipinski definition) is 1. The fraction of sp³-hybridized carbons (Fsp3) is 0.200. The Labute approximate surface area is 165 Å². The lowest BCUT2D eigenvalue weighted by molar-refractivity contribution is -0.137. The van der Waals surface area contributed by atoms with Gasteiger partial charge in [-0.25, -0.2) is 14.8 Å². The quantitative estimate of drug-likeness (QED) is 0.364. The number of phenolic OH excluding ortho intramolecular Hbond substituents is 1. The number of phenols is 1. The Bertz CT molecular complexity index is 1080. The van der Waals surface area contributed by atoms with Gasteiger partial charge >= 0.3 is 5.97 Å². The highest BCUT2D eigenvalue weighted by atomic mass is 16.5. The van der Waals surface area contributed by atoms with Gasteiger partial charge in [0.05, 0.1) is 37.3 Å². The fourth-order valence-corrected chi connectivity index (χ4v) is 2.63. The van der Waals surface area contributed by atoms with Crippen molar-refractivity contribution in [3.05, 3.63) is 42.2 Å². The maximum Gasteiger partial charge on any atom is 0.379 e. The summed E-state index contributed by atoms with van der Waals surface area (Å²) in [7, 11) is 3.02. The van der Waals surface area contributed by atoms with Gasteiger partial charge in [-0.3, -0.25) is 4.79 Å². The molecule has 0 aliphatic carbocycles. The largest absolute Gasteiger partial charge is 0.507 e. The van der Waals surface area contributed by atoms with Crippen LogP contribution in [-0.2, 0) is 9.53 Å². The molecule has 0 atom stereocenters. The van der Waals surface area contributed by atoms with E-state index in [0.717, 1.165) is 0 Å². The summed E-state index contributed by atoms with van der Waals surface area (Å²) in [6.07, 6.45) is 1.32. The number of benzene rings is 2. The zero-order valence-electron chi connectivity index (χ0n) is 16.0. The average molecular weight is 398 g/mol. The number of ketones is 1. The Morgan fingerprint density at radius 1 is 1.03 bits per heavy atom. The molecular weight excluding hydrogens is 380 g/mol. The maximum absolute atomic E-state index is 12.0. The molecule has 150 valence electrons. The van der Waals surface area contributed by atoms with Crippen LogP contribution < -0.4 is 14.2 Å². The summed E-state index contributed by atoms with van der Waals surface area (Å²) < 4.78 is 21.0. The minimum atomic E-state index is -1.04. The molecular formula is C20H18N2O7. The molecule has 3 rings (SSSR count). The number of hydrogen-bond acceptors (Lipinski definition) is 9. The van der Waals surface area contributed by atoms with Crippen molar-refractivity contribution in [1.82, 2.24) is 9.97 Å². The highest BCUT2D eigenvalue weighted by Crippen LogP contribution is 2.36. The lowest BCUT2D eigenvalue weighted by Crippen LogP contribution is -2.17. The van der Waals surface area contributed by atoms with Crippen molar-refractivity contribution in [2.24, 2.45) is 0 Å². The van der Waals surface area contributed by atoms with Gasteiger partial charge in [-0.1, -0.05) is 0 Å². The molecule has 0 radical (unpaired) electrons. The van der Waals surface area contributed by atoms with Crippen LogP contribution in [0.15, 0.2) is 36.7 Å². The number of rotatable bonds is 7. The molecule has 0 bridgehead atoms. The number of carbonyl (C=O) groups is 2. The molecule has 0 fully saturated rings. The van der Waals surface area contributed by atoms with Crippen LogP contribution in [0.4, 0.5) is 0 Å². The van der Waals surface area contributed by atoms with Gasteiger partial charge in [-0.15, -0.1) is 0 Å².